The van der Waals surface area contributed by atoms with E-state index in [0.29, 0.717) is 24.7 Å². The fourth-order valence-corrected chi connectivity index (χ4v) is 3.22. The minimum atomic E-state index is -0.228. The standard InChI is InChI=1S/C21H25ClN4O3/c1-29-19-8-2-16(3-9-19)14-23-20(27)15-24-21(28)26-12-10-25(11-13-26)18-6-4-17(22)5-7-18/h2-9H,10-15H2,1H3,(H,23,27)(H,24,28). The van der Waals surface area contributed by atoms with Gasteiger partial charge in [0.2, 0.25) is 5.91 Å². The van der Waals surface area contributed by atoms with Gasteiger partial charge in [-0.05, 0) is 42.0 Å². The number of benzene rings is 2. The Hall–Kier alpha value is -2.93. The van der Waals surface area contributed by atoms with Crippen LogP contribution in [0.25, 0.3) is 0 Å². The quantitative estimate of drug-likeness (QED) is 0.758. The number of ether oxygens (including phenoxy) is 1. The van der Waals surface area contributed by atoms with E-state index >= 15 is 0 Å². The fourth-order valence-electron chi connectivity index (χ4n) is 3.09. The van der Waals surface area contributed by atoms with Gasteiger partial charge in [0, 0.05) is 43.4 Å². The van der Waals surface area contributed by atoms with Gasteiger partial charge in [0.15, 0.2) is 0 Å². The number of nitrogens with zero attached hydrogens (tertiary/aromatic N) is 2. The molecule has 8 heteroatoms. The molecule has 3 rings (SSSR count). The number of piperazine rings is 1. The normalized spacial score (nSPS) is 13.7. The molecule has 2 aromatic rings. The predicted octanol–water partition coefficient (Wildman–Crippen LogP) is 2.50. The Labute approximate surface area is 175 Å². The largest absolute Gasteiger partial charge is 0.497 e. The lowest BCUT2D eigenvalue weighted by Gasteiger charge is -2.36. The number of carbonyl (C=O) groups excluding carboxylic acids is 2. The summed E-state index contributed by atoms with van der Waals surface area (Å²) in [5, 5.41) is 6.19. The lowest BCUT2D eigenvalue weighted by molar-refractivity contribution is -0.120. The van der Waals surface area contributed by atoms with Crippen LogP contribution in [-0.4, -0.2) is 56.7 Å². The zero-order valence-corrected chi connectivity index (χ0v) is 17.1. The van der Waals surface area contributed by atoms with Crippen LogP contribution in [0.3, 0.4) is 0 Å². The molecule has 1 fully saturated rings. The zero-order chi connectivity index (χ0) is 20.6. The van der Waals surface area contributed by atoms with Crippen LogP contribution in [0.4, 0.5) is 10.5 Å². The molecule has 1 saturated heterocycles. The molecule has 29 heavy (non-hydrogen) atoms. The average molecular weight is 417 g/mol. The molecule has 1 aliphatic heterocycles. The number of halogens is 1. The number of anilines is 1. The van der Waals surface area contributed by atoms with E-state index in [0.717, 1.165) is 30.1 Å². The number of methoxy groups -OCH3 is 1. The Balaban J connectivity index is 1.37. The molecule has 0 aliphatic carbocycles. The predicted molar refractivity (Wildman–Crippen MR) is 113 cm³/mol. The Morgan fingerprint density at radius 2 is 1.62 bits per heavy atom. The third kappa shape index (κ3) is 6.02. The Kier molecular flexibility index (Phi) is 7.19. The molecular weight excluding hydrogens is 392 g/mol. The van der Waals surface area contributed by atoms with Gasteiger partial charge in [-0.25, -0.2) is 4.79 Å². The highest BCUT2D eigenvalue weighted by atomic mass is 35.5. The zero-order valence-electron chi connectivity index (χ0n) is 16.4. The van der Waals surface area contributed by atoms with Crippen LogP contribution >= 0.6 is 11.6 Å². The highest BCUT2D eigenvalue weighted by Crippen LogP contribution is 2.19. The van der Waals surface area contributed by atoms with Gasteiger partial charge in [-0.3, -0.25) is 4.79 Å². The summed E-state index contributed by atoms with van der Waals surface area (Å²) in [5.74, 6) is 0.539. The van der Waals surface area contributed by atoms with Gasteiger partial charge in [0.05, 0.1) is 13.7 Å². The number of urea groups is 1. The van der Waals surface area contributed by atoms with Crippen molar-refractivity contribution in [2.24, 2.45) is 0 Å². The highest BCUT2D eigenvalue weighted by molar-refractivity contribution is 6.30. The molecule has 2 N–H and O–H groups in total. The van der Waals surface area contributed by atoms with Gasteiger partial charge >= 0.3 is 6.03 Å². The monoisotopic (exact) mass is 416 g/mol. The minimum absolute atomic E-state index is 0.0492. The molecule has 154 valence electrons. The van der Waals surface area contributed by atoms with E-state index in [2.05, 4.69) is 15.5 Å². The summed E-state index contributed by atoms with van der Waals surface area (Å²) >= 11 is 5.93. The van der Waals surface area contributed by atoms with Gasteiger partial charge in [0.25, 0.3) is 0 Å². The molecule has 1 heterocycles. The lowest BCUT2D eigenvalue weighted by atomic mass is 10.2. The van der Waals surface area contributed by atoms with Crippen molar-refractivity contribution in [3.05, 3.63) is 59.1 Å². The highest BCUT2D eigenvalue weighted by Gasteiger charge is 2.21. The number of amides is 3. The maximum atomic E-state index is 12.3. The molecule has 1 aliphatic rings. The van der Waals surface area contributed by atoms with E-state index in [1.165, 1.54) is 0 Å². The maximum absolute atomic E-state index is 12.3. The smallest absolute Gasteiger partial charge is 0.317 e. The van der Waals surface area contributed by atoms with Crippen LogP contribution in [0.15, 0.2) is 48.5 Å². The Bertz CT molecular complexity index is 819. The summed E-state index contributed by atoms with van der Waals surface area (Å²) in [5.41, 5.74) is 2.05. The second kappa shape index (κ2) is 10.0. The van der Waals surface area contributed by atoms with Crippen molar-refractivity contribution in [2.75, 3.05) is 44.7 Å². The van der Waals surface area contributed by atoms with E-state index in [4.69, 9.17) is 16.3 Å². The van der Waals surface area contributed by atoms with E-state index in [1.807, 2.05) is 48.5 Å². The van der Waals surface area contributed by atoms with Crippen LogP contribution < -0.4 is 20.3 Å². The van der Waals surface area contributed by atoms with Crippen molar-refractivity contribution in [3.8, 4) is 5.75 Å². The number of rotatable bonds is 6. The van der Waals surface area contributed by atoms with E-state index < -0.39 is 0 Å². The van der Waals surface area contributed by atoms with Crippen LogP contribution in [0.1, 0.15) is 5.56 Å². The molecule has 2 aromatic carbocycles. The first kappa shape index (κ1) is 20.8. The van der Waals surface area contributed by atoms with Crippen molar-refractivity contribution >= 4 is 29.2 Å². The van der Waals surface area contributed by atoms with Crippen LogP contribution in [0.5, 0.6) is 5.75 Å². The third-order valence-corrected chi connectivity index (χ3v) is 5.06. The maximum Gasteiger partial charge on any atom is 0.317 e. The number of carbonyl (C=O) groups is 2. The summed E-state index contributed by atoms with van der Waals surface area (Å²) in [6, 6.07) is 14.9. The summed E-state index contributed by atoms with van der Waals surface area (Å²) in [7, 11) is 1.61. The van der Waals surface area contributed by atoms with Gasteiger partial charge in [-0.2, -0.15) is 0 Å². The minimum Gasteiger partial charge on any atom is -0.497 e. The summed E-state index contributed by atoms with van der Waals surface area (Å²) in [6.45, 7) is 3.02. The van der Waals surface area contributed by atoms with Crippen molar-refractivity contribution in [3.63, 3.8) is 0 Å². The van der Waals surface area contributed by atoms with Crippen molar-refractivity contribution in [1.29, 1.82) is 0 Å². The molecule has 0 saturated carbocycles. The van der Waals surface area contributed by atoms with Crippen LogP contribution in [0.2, 0.25) is 5.02 Å². The first-order valence-corrected chi connectivity index (χ1v) is 9.86. The molecule has 0 spiro atoms. The molecular formula is C21H25ClN4O3. The first-order valence-electron chi connectivity index (χ1n) is 9.48. The molecule has 0 bridgehead atoms. The first-order chi connectivity index (χ1) is 14.0. The Morgan fingerprint density at radius 3 is 2.24 bits per heavy atom. The van der Waals surface area contributed by atoms with E-state index in [1.54, 1.807) is 12.0 Å². The van der Waals surface area contributed by atoms with E-state index in [-0.39, 0.29) is 18.5 Å². The van der Waals surface area contributed by atoms with Crippen molar-refractivity contribution < 1.29 is 14.3 Å². The molecule has 0 unspecified atom stereocenters. The fraction of sp³-hybridized carbons (Fsp3) is 0.333. The van der Waals surface area contributed by atoms with Crippen molar-refractivity contribution in [1.82, 2.24) is 15.5 Å². The summed E-state index contributed by atoms with van der Waals surface area (Å²) in [6.07, 6.45) is 0. The number of hydrogen-bond donors (Lipinski definition) is 2. The summed E-state index contributed by atoms with van der Waals surface area (Å²) < 4.78 is 5.11. The average Bonchev–Trinajstić information content (AvgIpc) is 2.77. The van der Waals surface area contributed by atoms with Gasteiger partial charge in [-0.1, -0.05) is 23.7 Å². The van der Waals surface area contributed by atoms with Crippen molar-refractivity contribution in [2.45, 2.75) is 6.54 Å². The molecule has 7 nitrogen and oxygen atoms in total. The molecule has 0 aromatic heterocycles. The van der Waals surface area contributed by atoms with E-state index in [9.17, 15) is 9.59 Å². The second-order valence-electron chi connectivity index (χ2n) is 6.73. The van der Waals surface area contributed by atoms with Gasteiger partial charge in [0.1, 0.15) is 5.75 Å². The lowest BCUT2D eigenvalue weighted by Crippen LogP contribution is -2.53. The SMILES string of the molecule is COc1ccc(CNC(=O)CNC(=O)N2CCN(c3ccc(Cl)cc3)CC2)cc1. The topological polar surface area (TPSA) is 73.9 Å². The van der Waals surface area contributed by atoms with Crippen LogP contribution in [-0.2, 0) is 11.3 Å². The third-order valence-electron chi connectivity index (χ3n) is 4.81. The van der Waals surface area contributed by atoms with Gasteiger partial charge in [-0.15, -0.1) is 0 Å². The summed E-state index contributed by atoms with van der Waals surface area (Å²) in [4.78, 5) is 28.3. The van der Waals surface area contributed by atoms with Gasteiger partial charge < -0.3 is 25.2 Å². The molecule has 0 radical (unpaired) electrons. The Morgan fingerprint density at radius 1 is 0.966 bits per heavy atom. The number of hydrogen-bond acceptors (Lipinski definition) is 4. The second-order valence-corrected chi connectivity index (χ2v) is 7.17. The number of nitrogens with one attached hydrogen (secondary N) is 2. The molecule has 0 atom stereocenters. The van der Waals surface area contributed by atoms with Crippen LogP contribution in [0, 0.1) is 0 Å². The molecule has 3 amide bonds.